The molecule has 0 bridgehead atoms. The highest BCUT2D eigenvalue weighted by Crippen LogP contribution is 2.04. The second-order valence-electron chi connectivity index (χ2n) is 4.37. The molecule has 0 saturated heterocycles. The summed E-state index contributed by atoms with van der Waals surface area (Å²) in [5, 5.41) is 3.38. The first kappa shape index (κ1) is 12.0. The quantitative estimate of drug-likeness (QED) is 0.724. The Morgan fingerprint density at radius 2 is 1.87 bits per heavy atom. The summed E-state index contributed by atoms with van der Waals surface area (Å²) in [4.78, 5) is 0. The van der Waals surface area contributed by atoms with Crippen molar-refractivity contribution in [3.05, 3.63) is 41.5 Å². The van der Waals surface area contributed by atoms with Crippen molar-refractivity contribution in [2.45, 2.75) is 20.8 Å². The summed E-state index contributed by atoms with van der Waals surface area (Å²) in [7, 11) is 0. The zero-order chi connectivity index (χ0) is 11.1. The van der Waals surface area contributed by atoms with Crippen LogP contribution in [0.2, 0.25) is 0 Å². The molecule has 0 heterocycles. The molecular weight excluding hydrogens is 182 g/mol. The van der Waals surface area contributed by atoms with Crippen LogP contribution >= 0.6 is 0 Å². The molecule has 1 N–H and O–H groups in total. The molecule has 0 aromatic heterocycles. The van der Waals surface area contributed by atoms with E-state index in [1.807, 2.05) is 0 Å². The third-order valence-corrected chi connectivity index (χ3v) is 2.20. The molecule has 0 aliphatic heterocycles. The Kier molecular flexibility index (Phi) is 5.13. The zero-order valence-electron chi connectivity index (χ0n) is 9.96. The molecule has 82 valence electrons. The van der Waals surface area contributed by atoms with Gasteiger partial charge >= 0.3 is 0 Å². The first-order valence-electron chi connectivity index (χ1n) is 5.62. The minimum absolute atomic E-state index is 0.720. The van der Waals surface area contributed by atoms with Gasteiger partial charge in [-0.15, -0.1) is 0 Å². The molecule has 0 aliphatic rings. The number of nitrogens with one attached hydrogen (secondary N) is 1. The topological polar surface area (TPSA) is 12.0 Å². The van der Waals surface area contributed by atoms with E-state index in [0.29, 0.717) is 0 Å². The number of benzene rings is 1. The number of hydrogen-bond donors (Lipinski definition) is 1. The molecule has 1 aromatic rings. The van der Waals surface area contributed by atoms with Crippen molar-refractivity contribution in [3.8, 4) is 0 Å². The lowest BCUT2D eigenvalue weighted by atomic mass is 10.1. The fourth-order valence-corrected chi connectivity index (χ4v) is 1.33. The Labute approximate surface area is 93.2 Å². The summed E-state index contributed by atoms with van der Waals surface area (Å²) in [6.07, 6.45) is 4.33. The van der Waals surface area contributed by atoms with E-state index in [-0.39, 0.29) is 0 Å². The van der Waals surface area contributed by atoms with E-state index < -0.39 is 0 Å². The highest BCUT2D eigenvalue weighted by atomic mass is 14.8. The van der Waals surface area contributed by atoms with Gasteiger partial charge in [0, 0.05) is 6.54 Å². The van der Waals surface area contributed by atoms with Gasteiger partial charge in [-0.1, -0.05) is 55.8 Å². The van der Waals surface area contributed by atoms with Crippen molar-refractivity contribution in [3.63, 3.8) is 0 Å². The van der Waals surface area contributed by atoms with Gasteiger partial charge < -0.3 is 5.32 Å². The van der Waals surface area contributed by atoms with Gasteiger partial charge in [-0.2, -0.15) is 0 Å². The minimum atomic E-state index is 0.720. The second-order valence-corrected chi connectivity index (χ2v) is 4.37. The average Bonchev–Trinajstić information content (AvgIpc) is 2.20. The van der Waals surface area contributed by atoms with Gasteiger partial charge in [-0.05, 0) is 24.9 Å². The first-order valence-corrected chi connectivity index (χ1v) is 5.62. The molecule has 0 amide bonds. The molecule has 15 heavy (non-hydrogen) atoms. The Balaban J connectivity index is 2.29. The van der Waals surface area contributed by atoms with Gasteiger partial charge in [0.05, 0.1) is 0 Å². The number of aryl methyl sites for hydroxylation is 1. The number of rotatable bonds is 5. The second kappa shape index (κ2) is 6.41. The molecule has 0 radical (unpaired) electrons. The number of hydrogen-bond acceptors (Lipinski definition) is 1. The van der Waals surface area contributed by atoms with Crippen LogP contribution in [0.15, 0.2) is 30.3 Å². The lowest BCUT2D eigenvalue weighted by molar-refractivity contribution is 0.577. The Morgan fingerprint density at radius 1 is 1.20 bits per heavy atom. The highest BCUT2D eigenvalue weighted by molar-refractivity contribution is 5.49. The molecule has 0 spiro atoms. The van der Waals surface area contributed by atoms with E-state index in [1.54, 1.807) is 0 Å². The standard InChI is InChI=1S/C14H21N/c1-12(2)11-15-10-4-5-14-8-6-13(3)7-9-14/h4-9,12,15H,10-11H2,1-3H3. The Bertz CT molecular complexity index is 296. The van der Waals surface area contributed by atoms with Crippen LogP contribution in [0.25, 0.3) is 6.08 Å². The normalized spacial score (nSPS) is 11.5. The average molecular weight is 203 g/mol. The van der Waals surface area contributed by atoms with Crippen molar-refractivity contribution in [2.75, 3.05) is 13.1 Å². The summed E-state index contributed by atoms with van der Waals surface area (Å²) in [6.45, 7) is 8.58. The van der Waals surface area contributed by atoms with Gasteiger partial charge in [-0.3, -0.25) is 0 Å². The summed E-state index contributed by atoms with van der Waals surface area (Å²) in [5.41, 5.74) is 2.58. The van der Waals surface area contributed by atoms with Crippen molar-refractivity contribution in [1.82, 2.24) is 5.32 Å². The van der Waals surface area contributed by atoms with Crippen LogP contribution in [-0.2, 0) is 0 Å². The molecule has 1 heteroatoms. The van der Waals surface area contributed by atoms with E-state index >= 15 is 0 Å². The monoisotopic (exact) mass is 203 g/mol. The largest absolute Gasteiger partial charge is 0.313 e. The molecule has 1 aromatic carbocycles. The predicted octanol–water partition coefficient (Wildman–Crippen LogP) is 3.25. The fraction of sp³-hybridized carbons (Fsp3) is 0.429. The van der Waals surface area contributed by atoms with Crippen LogP contribution in [0.5, 0.6) is 0 Å². The zero-order valence-corrected chi connectivity index (χ0v) is 9.96. The highest BCUT2D eigenvalue weighted by Gasteiger charge is 1.89. The van der Waals surface area contributed by atoms with Gasteiger partial charge in [0.1, 0.15) is 0 Å². The maximum atomic E-state index is 3.38. The molecular formula is C14H21N. The molecule has 0 aliphatic carbocycles. The first-order chi connectivity index (χ1) is 7.18. The van der Waals surface area contributed by atoms with Crippen LogP contribution < -0.4 is 5.32 Å². The lowest BCUT2D eigenvalue weighted by Gasteiger charge is -2.03. The van der Waals surface area contributed by atoms with Gasteiger partial charge in [0.2, 0.25) is 0 Å². The van der Waals surface area contributed by atoms with Crippen molar-refractivity contribution in [1.29, 1.82) is 0 Å². The molecule has 1 rings (SSSR count). The van der Waals surface area contributed by atoms with Crippen LogP contribution in [0.1, 0.15) is 25.0 Å². The minimum Gasteiger partial charge on any atom is -0.313 e. The molecule has 0 fully saturated rings. The fourth-order valence-electron chi connectivity index (χ4n) is 1.33. The van der Waals surface area contributed by atoms with Crippen LogP contribution in [0.4, 0.5) is 0 Å². The summed E-state index contributed by atoms with van der Waals surface area (Å²) in [5.74, 6) is 0.720. The summed E-state index contributed by atoms with van der Waals surface area (Å²) >= 11 is 0. The van der Waals surface area contributed by atoms with Crippen molar-refractivity contribution >= 4 is 6.08 Å². The maximum Gasteiger partial charge on any atom is 0.0138 e. The molecule has 0 unspecified atom stereocenters. The van der Waals surface area contributed by atoms with Crippen molar-refractivity contribution in [2.24, 2.45) is 5.92 Å². The molecule has 0 saturated carbocycles. The summed E-state index contributed by atoms with van der Waals surface area (Å²) in [6, 6.07) is 8.57. The van der Waals surface area contributed by atoms with Crippen LogP contribution in [-0.4, -0.2) is 13.1 Å². The van der Waals surface area contributed by atoms with Crippen molar-refractivity contribution < 1.29 is 0 Å². The van der Waals surface area contributed by atoms with Crippen LogP contribution in [0.3, 0.4) is 0 Å². The summed E-state index contributed by atoms with van der Waals surface area (Å²) < 4.78 is 0. The predicted molar refractivity (Wildman–Crippen MR) is 67.9 cm³/mol. The maximum absolute atomic E-state index is 3.38. The smallest absolute Gasteiger partial charge is 0.0138 e. The SMILES string of the molecule is Cc1ccc(C=CCNCC(C)C)cc1. The molecule has 1 nitrogen and oxygen atoms in total. The van der Waals surface area contributed by atoms with E-state index in [4.69, 9.17) is 0 Å². The third-order valence-electron chi connectivity index (χ3n) is 2.20. The Hall–Kier alpha value is -1.08. The third kappa shape index (κ3) is 5.38. The van der Waals surface area contributed by atoms with Crippen LogP contribution in [0, 0.1) is 12.8 Å². The van der Waals surface area contributed by atoms with E-state index in [2.05, 4.69) is 62.5 Å². The molecule has 0 atom stereocenters. The van der Waals surface area contributed by atoms with E-state index in [1.165, 1.54) is 11.1 Å². The Morgan fingerprint density at radius 3 is 2.47 bits per heavy atom. The van der Waals surface area contributed by atoms with Gasteiger partial charge in [0.15, 0.2) is 0 Å². The van der Waals surface area contributed by atoms with Gasteiger partial charge in [0.25, 0.3) is 0 Å². The van der Waals surface area contributed by atoms with E-state index in [9.17, 15) is 0 Å². The lowest BCUT2D eigenvalue weighted by Crippen LogP contribution is -2.19. The van der Waals surface area contributed by atoms with E-state index in [0.717, 1.165) is 19.0 Å². The van der Waals surface area contributed by atoms with Gasteiger partial charge in [-0.25, -0.2) is 0 Å².